The summed E-state index contributed by atoms with van der Waals surface area (Å²) in [5.41, 5.74) is 1.54. The monoisotopic (exact) mass is 243 g/mol. The number of rotatable bonds is 5. The summed E-state index contributed by atoms with van der Waals surface area (Å²) in [4.78, 5) is 0. The zero-order valence-electron chi connectivity index (χ0n) is 11.3. The zero-order valence-corrected chi connectivity index (χ0v) is 11.3. The summed E-state index contributed by atoms with van der Waals surface area (Å²) in [5, 5.41) is 3.84. The minimum absolute atomic E-state index is 0.722. The van der Waals surface area contributed by atoms with Crippen LogP contribution in [0.5, 0.6) is 0 Å². The highest BCUT2D eigenvalue weighted by molar-refractivity contribution is 5.21. The lowest BCUT2D eigenvalue weighted by atomic mass is 9.80. The fourth-order valence-electron chi connectivity index (χ4n) is 3.35. The van der Waals surface area contributed by atoms with Gasteiger partial charge in [-0.05, 0) is 43.2 Å². The van der Waals surface area contributed by atoms with Crippen LogP contribution >= 0.6 is 0 Å². The molecule has 0 aliphatic heterocycles. The Bertz CT molecular complexity index is 355. The van der Waals surface area contributed by atoms with E-state index in [1.807, 2.05) is 0 Å². The predicted molar refractivity (Wildman–Crippen MR) is 76.8 cm³/mol. The molecule has 0 amide bonds. The van der Waals surface area contributed by atoms with Crippen LogP contribution in [0.1, 0.15) is 56.4 Å². The Morgan fingerprint density at radius 1 is 0.944 bits per heavy atom. The molecule has 2 unspecified atom stereocenters. The van der Waals surface area contributed by atoms with E-state index in [1.165, 1.54) is 51.5 Å². The molecule has 1 nitrogen and oxygen atoms in total. The van der Waals surface area contributed by atoms with Crippen LogP contribution in [0.25, 0.3) is 0 Å². The molecule has 0 spiro atoms. The second-order valence-corrected chi connectivity index (χ2v) is 6.09. The summed E-state index contributed by atoms with van der Waals surface area (Å²) in [6.45, 7) is 1.23. The van der Waals surface area contributed by atoms with Gasteiger partial charge in [-0.3, -0.25) is 0 Å². The van der Waals surface area contributed by atoms with Gasteiger partial charge in [0, 0.05) is 6.04 Å². The quantitative estimate of drug-likeness (QED) is 0.821. The first-order valence-electron chi connectivity index (χ1n) is 7.72. The van der Waals surface area contributed by atoms with Crippen molar-refractivity contribution in [1.82, 2.24) is 5.32 Å². The van der Waals surface area contributed by atoms with Crippen molar-refractivity contribution in [3.63, 3.8) is 0 Å². The SMILES string of the molecule is c1ccc(C2CCCCC2NCCC2CC2)cc1. The van der Waals surface area contributed by atoms with Gasteiger partial charge in [-0.15, -0.1) is 0 Å². The molecule has 98 valence electrons. The van der Waals surface area contributed by atoms with E-state index in [-0.39, 0.29) is 0 Å². The van der Waals surface area contributed by atoms with Gasteiger partial charge in [-0.2, -0.15) is 0 Å². The molecule has 1 heteroatoms. The number of hydrogen-bond acceptors (Lipinski definition) is 1. The predicted octanol–water partition coefficient (Wildman–Crippen LogP) is 4.10. The van der Waals surface area contributed by atoms with E-state index in [4.69, 9.17) is 0 Å². The summed E-state index contributed by atoms with van der Waals surface area (Å²) < 4.78 is 0. The number of nitrogens with one attached hydrogen (secondary N) is 1. The first-order valence-corrected chi connectivity index (χ1v) is 7.72. The van der Waals surface area contributed by atoms with E-state index in [0.717, 1.165) is 17.9 Å². The molecule has 18 heavy (non-hydrogen) atoms. The highest BCUT2D eigenvalue weighted by Crippen LogP contribution is 2.34. The van der Waals surface area contributed by atoms with Crippen LogP contribution in [0, 0.1) is 5.92 Å². The van der Waals surface area contributed by atoms with Gasteiger partial charge in [0.25, 0.3) is 0 Å². The van der Waals surface area contributed by atoms with Gasteiger partial charge in [0.15, 0.2) is 0 Å². The molecule has 3 rings (SSSR count). The molecule has 1 aromatic carbocycles. The van der Waals surface area contributed by atoms with Gasteiger partial charge in [0.1, 0.15) is 0 Å². The van der Waals surface area contributed by atoms with Crippen LogP contribution in [-0.4, -0.2) is 12.6 Å². The summed E-state index contributed by atoms with van der Waals surface area (Å²) in [5.74, 6) is 1.80. The fourth-order valence-corrected chi connectivity index (χ4v) is 3.35. The molecule has 0 bridgehead atoms. The zero-order chi connectivity index (χ0) is 12.2. The van der Waals surface area contributed by atoms with Crippen LogP contribution in [-0.2, 0) is 0 Å². The Labute approximate surface area is 111 Å². The van der Waals surface area contributed by atoms with Gasteiger partial charge in [0.2, 0.25) is 0 Å². The Morgan fingerprint density at radius 2 is 1.72 bits per heavy atom. The van der Waals surface area contributed by atoms with Crippen molar-refractivity contribution < 1.29 is 0 Å². The van der Waals surface area contributed by atoms with Crippen molar-refractivity contribution in [3.8, 4) is 0 Å². The summed E-state index contributed by atoms with van der Waals surface area (Å²) >= 11 is 0. The molecule has 0 heterocycles. The topological polar surface area (TPSA) is 12.0 Å². The summed E-state index contributed by atoms with van der Waals surface area (Å²) in [6, 6.07) is 11.8. The lowest BCUT2D eigenvalue weighted by molar-refractivity contribution is 0.325. The first-order chi connectivity index (χ1) is 8.93. The number of hydrogen-bond donors (Lipinski definition) is 1. The molecular weight excluding hydrogens is 218 g/mol. The molecular formula is C17H25N. The van der Waals surface area contributed by atoms with Gasteiger partial charge in [0.05, 0.1) is 0 Å². The lowest BCUT2D eigenvalue weighted by Gasteiger charge is -2.33. The minimum Gasteiger partial charge on any atom is -0.313 e. The van der Waals surface area contributed by atoms with Crippen LogP contribution in [0.2, 0.25) is 0 Å². The van der Waals surface area contributed by atoms with Crippen molar-refractivity contribution in [2.24, 2.45) is 5.92 Å². The van der Waals surface area contributed by atoms with Crippen LogP contribution in [0.15, 0.2) is 30.3 Å². The third-order valence-corrected chi connectivity index (χ3v) is 4.65. The van der Waals surface area contributed by atoms with E-state index in [9.17, 15) is 0 Å². The van der Waals surface area contributed by atoms with Crippen molar-refractivity contribution in [2.75, 3.05) is 6.54 Å². The van der Waals surface area contributed by atoms with Crippen molar-refractivity contribution in [3.05, 3.63) is 35.9 Å². The second kappa shape index (κ2) is 5.88. The molecule has 0 radical (unpaired) electrons. The lowest BCUT2D eigenvalue weighted by Crippen LogP contribution is -2.37. The maximum Gasteiger partial charge on any atom is 0.0136 e. The average molecular weight is 243 g/mol. The van der Waals surface area contributed by atoms with E-state index in [0.29, 0.717) is 0 Å². The average Bonchev–Trinajstić information content (AvgIpc) is 3.25. The number of benzene rings is 1. The standard InChI is InChI=1S/C17H25N/c1-2-6-15(7-3-1)16-8-4-5-9-17(16)18-13-12-14-10-11-14/h1-3,6-7,14,16-18H,4-5,8-13H2. The van der Waals surface area contributed by atoms with E-state index in [2.05, 4.69) is 35.6 Å². The third kappa shape index (κ3) is 3.14. The van der Waals surface area contributed by atoms with Crippen LogP contribution < -0.4 is 5.32 Å². The maximum atomic E-state index is 3.84. The van der Waals surface area contributed by atoms with E-state index >= 15 is 0 Å². The Kier molecular flexibility index (Phi) is 3.99. The smallest absolute Gasteiger partial charge is 0.0136 e. The molecule has 2 atom stereocenters. The molecule has 0 aromatic heterocycles. The van der Waals surface area contributed by atoms with E-state index < -0.39 is 0 Å². The van der Waals surface area contributed by atoms with Crippen molar-refractivity contribution in [2.45, 2.75) is 56.9 Å². The van der Waals surface area contributed by atoms with Gasteiger partial charge in [-0.1, -0.05) is 56.0 Å². The van der Waals surface area contributed by atoms with Crippen molar-refractivity contribution in [1.29, 1.82) is 0 Å². The molecule has 2 saturated carbocycles. The Balaban J connectivity index is 1.58. The van der Waals surface area contributed by atoms with Gasteiger partial charge < -0.3 is 5.32 Å². The largest absolute Gasteiger partial charge is 0.313 e. The highest BCUT2D eigenvalue weighted by atomic mass is 14.9. The molecule has 1 aromatic rings. The fraction of sp³-hybridized carbons (Fsp3) is 0.647. The molecule has 1 N–H and O–H groups in total. The summed E-state index contributed by atoms with van der Waals surface area (Å²) in [7, 11) is 0. The van der Waals surface area contributed by atoms with E-state index in [1.54, 1.807) is 5.56 Å². The van der Waals surface area contributed by atoms with Gasteiger partial charge >= 0.3 is 0 Å². The molecule has 2 aliphatic rings. The molecule has 2 aliphatic carbocycles. The molecule has 0 saturated heterocycles. The van der Waals surface area contributed by atoms with Crippen LogP contribution in [0.3, 0.4) is 0 Å². The normalized spacial score (nSPS) is 28.2. The minimum atomic E-state index is 0.722. The Morgan fingerprint density at radius 3 is 2.50 bits per heavy atom. The first kappa shape index (κ1) is 12.2. The Hall–Kier alpha value is -0.820. The highest BCUT2D eigenvalue weighted by Gasteiger charge is 2.27. The second-order valence-electron chi connectivity index (χ2n) is 6.09. The van der Waals surface area contributed by atoms with Crippen molar-refractivity contribution >= 4 is 0 Å². The van der Waals surface area contributed by atoms with Gasteiger partial charge in [-0.25, -0.2) is 0 Å². The third-order valence-electron chi connectivity index (χ3n) is 4.65. The van der Waals surface area contributed by atoms with Crippen LogP contribution in [0.4, 0.5) is 0 Å². The summed E-state index contributed by atoms with van der Waals surface area (Å²) in [6.07, 6.45) is 9.90. The maximum absolute atomic E-state index is 3.84. The molecule has 2 fully saturated rings.